The summed E-state index contributed by atoms with van der Waals surface area (Å²) in [6.07, 6.45) is 4.79. The van der Waals surface area contributed by atoms with E-state index in [-0.39, 0.29) is 5.60 Å². The van der Waals surface area contributed by atoms with Gasteiger partial charge in [0.25, 0.3) is 0 Å². The molecule has 3 heteroatoms. The second-order valence-electron chi connectivity index (χ2n) is 5.26. The molecular formula is C13H19NO2. The Morgan fingerprint density at radius 3 is 2.81 bits per heavy atom. The third-order valence-electron chi connectivity index (χ3n) is 3.27. The summed E-state index contributed by atoms with van der Waals surface area (Å²) in [7, 11) is 0. The maximum absolute atomic E-state index is 10.7. The first kappa shape index (κ1) is 11.6. The van der Waals surface area contributed by atoms with Gasteiger partial charge < -0.3 is 9.84 Å². The van der Waals surface area contributed by atoms with Crippen molar-refractivity contribution >= 4 is 0 Å². The molecule has 2 heterocycles. The highest BCUT2D eigenvalue weighted by Crippen LogP contribution is 2.39. The SMILES string of the molecule is Cc1ccncc1C1(O)CCOC(C)(C)C1. The quantitative estimate of drug-likeness (QED) is 0.790. The van der Waals surface area contributed by atoms with Gasteiger partial charge in [0.1, 0.15) is 0 Å². The number of hydrogen-bond acceptors (Lipinski definition) is 3. The third kappa shape index (κ3) is 2.11. The van der Waals surface area contributed by atoms with E-state index >= 15 is 0 Å². The summed E-state index contributed by atoms with van der Waals surface area (Å²) in [6.45, 7) is 6.64. The van der Waals surface area contributed by atoms with Gasteiger partial charge in [-0.15, -0.1) is 0 Å². The van der Waals surface area contributed by atoms with E-state index in [0.29, 0.717) is 19.4 Å². The van der Waals surface area contributed by atoms with Crippen LogP contribution in [0.15, 0.2) is 18.5 Å². The van der Waals surface area contributed by atoms with Crippen LogP contribution in [0.4, 0.5) is 0 Å². The average molecular weight is 221 g/mol. The summed E-state index contributed by atoms with van der Waals surface area (Å²) < 4.78 is 5.64. The van der Waals surface area contributed by atoms with Crippen LogP contribution in [0.5, 0.6) is 0 Å². The Balaban J connectivity index is 2.35. The zero-order valence-corrected chi connectivity index (χ0v) is 10.2. The number of pyridine rings is 1. The number of aryl methyl sites for hydroxylation is 1. The molecule has 1 unspecified atom stereocenters. The fraction of sp³-hybridized carbons (Fsp3) is 0.615. The van der Waals surface area contributed by atoms with Crippen molar-refractivity contribution in [2.24, 2.45) is 0 Å². The van der Waals surface area contributed by atoms with E-state index in [2.05, 4.69) is 4.98 Å². The first-order chi connectivity index (χ1) is 7.43. The molecule has 1 aromatic rings. The zero-order valence-electron chi connectivity index (χ0n) is 10.2. The van der Waals surface area contributed by atoms with Crippen LogP contribution in [-0.4, -0.2) is 22.3 Å². The van der Waals surface area contributed by atoms with Gasteiger partial charge in [0, 0.05) is 30.8 Å². The Bertz CT molecular complexity index is 389. The van der Waals surface area contributed by atoms with Crippen molar-refractivity contribution < 1.29 is 9.84 Å². The van der Waals surface area contributed by atoms with Crippen LogP contribution < -0.4 is 0 Å². The topological polar surface area (TPSA) is 42.4 Å². The predicted molar refractivity (Wildman–Crippen MR) is 62.1 cm³/mol. The molecule has 1 saturated heterocycles. The van der Waals surface area contributed by atoms with E-state index in [4.69, 9.17) is 4.74 Å². The maximum Gasteiger partial charge on any atom is 0.0963 e. The molecule has 0 aliphatic carbocycles. The Hall–Kier alpha value is -0.930. The minimum atomic E-state index is -0.792. The molecule has 3 nitrogen and oxygen atoms in total. The standard InChI is InChI=1S/C13H19NO2/c1-10-4-6-14-8-11(10)13(15)5-7-16-12(2,3)9-13/h4,6,8,15H,5,7,9H2,1-3H3. The van der Waals surface area contributed by atoms with Crippen molar-refractivity contribution in [3.63, 3.8) is 0 Å². The van der Waals surface area contributed by atoms with Crippen molar-refractivity contribution in [3.05, 3.63) is 29.6 Å². The molecule has 1 aromatic heterocycles. The van der Waals surface area contributed by atoms with Gasteiger partial charge in [-0.1, -0.05) is 0 Å². The van der Waals surface area contributed by atoms with Crippen LogP contribution in [0.2, 0.25) is 0 Å². The highest BCUT2D eigenvalue weighted by atomic mass is 16.5. The van der Waals surface area contributed by atoms with Crippen LogP contribution in [0, 0.1) is 6.92 Å². The number of hydrogen-bond donors (Lipinski definition) is 1. The van der Waals surface area contributed by atoms with Gasteiger partial charge in [0.15, 0.2) is 0 Å². The summed E-state index contributed by atoms with van der Waals surface area (Å²) in [4.78, 5) is 4.11. The summed E-state index contributed by atoms with van der Waals surface area (Å²) >= 11 is 0. The van der Waals surface area contributed by atoms with Crippen molar-refractivity contribution in [1.82, 2.24) is 4.98 Å². The average Bonchev–Trinajstić information content (AvgIpc) is 2.16. The largest absolute Gasteiger partial charge is 0.385 e. The lowest BCUT2D eigenvalue weighted by atomic mass is 9.78. The molecular weight excluding hydrogens is 202 g/mol. The Morgan fingerprint density at radius 2 is 2.19 bits per heavy atom. The summed E-state index contributed by atoms with van der Waals surface area (Å²) in [6, 6.07) is 1.94. The van der Waals surface area contributed by atoms with Crippen molar-refractivity contribution in [1.29, 1.82) is 0 Å². The summed E-state index contributed by atoms with van der Waals surface area (Å²) in [5.74, 6) is 0. The highest BCUT2D eigenvalue weighted by molar-refractivity contribution is 5.28. The zero-order chi connectivity index (χ0) is 11.8. The molecule has 1 aliphatic rings. The number of aromatic nitrogens is 1. The van der Waals surface area contributed by atoms with Crippen LogP contribution in [0.25, 0.3) is 0 Å². The van der Waals surface area contributed by atoms with Gasteiger partial charge in [-0.25, -0.2) is 0 Å². The first-order valence-electron chi connectivity index (χ1n) is 5.70. The van der Waals surface area contributed by atoms with E-state index in [0.717, 1.165) is 11.1 Å². The molecule has 1 aliphatic heterocycles. The normalized spacial score (nSPS) is 29.0. The van der Waals surface area contributed by atoms with Crippen molar-refractivity contribution in [3.8, 4) is 0 Å². The first-order valence-corrected chi connectivity index (χ1v) is 5.70. The van der Waals surface area contributed by atoms with E-state index in [1.54, 1.807) is 12.4 Å². The third-order valence-corrected chi connectivity index (χ3v) is 3.27. The van der Waals surface area contributed by atoms with Crippen molar-refractivity contribution in [2.45, 2.75) is 44.8 Å². The molecule has 2 rings (SSSR count). The van der Waals surface area contributed by atoms with E-state index in [9.17, 15) is 5.11 Å². The van der Waals surface area contributed by atoms with Gasteiger partial charge in [0.2, 0.25) is 0 Å². The van der Waals surface area contributed by atoms with Gasteiger partial charge in [-0.05, 0) is 32.4 Å². The van der Waals surface area contributed by atoms with Crippen LogP contribution in [0.3, 0.4) is 0 Å². The minimum Gasteiger partial charge on any atom is -0.385 e. The molecule has 88 valence electrons. The van der Waals surface area contributed by atoms with Gasteiger partial charge >= 0.3 is 0 Å². The van der Waals surface area contributed by atoms with Crippen LogP contribution >= 0.6 is 0 Å². The molecule has 0 amide bonds. The fourth-order valence-electron chi connectivity index (χ4n) is 2.52. The van der Waals surface area contributed by atoms with Gasteiger partial charge in [-0.3, -0.25) is 4.98 Å². The molecule has 0 aromatic carbocycles. The lowest BCUT2D eigenvalue weighted by Gasteiger charge is -2.42. The number of rotatable bonds is 1. The molecule has 0 radical (unpaired) electrons. The molecule has 1 fully saturated rings. The van der Waals surface area contributed by atoms with Gasteiger partial charge in [-0.2, -0.15) is 0 Å². The lowest BCUT2D eigenvalue weighted by Crippen LogP contribution is -2.44. The van der Waals surface area contributed by atoms with E-state index in [1.807, 2.05) is 26.8 Å². The van der Waals surface area contributed by atoms with Gasteiger partial charge in [0.05, 0.1) is 17.8 Å². The van der Waals surface area contributed by atoms with Crippen LogP contribution in [0.1, 0.15) is 37.8 Å². The van der Waals surface area contributed by atoms with Crippen LogP contribution in [-0.2, 0) is 10.3 Å². The number of nitrogens with zero attached hydrogens (tertiary/aromatic N) is 1. The summed E-state index contributed by atoms with van der Waals surface area (Å²) in [5, 5.41) is 10.7. The molecule has 0 spiro atoms. The van der Waals surface area contributed by atoms with E-state index < -0.39 is 5.60 Å². The number of aliphatic hydroxyl groups is 1. The fourth-order valence-corrected chi connectivity index (χ4v) is 2.52. The molecule has 0 bridgehead atoms. The summed E-state index contributed by atoms with van der Waals surface area (Å²) in [5.41, 5.74) is 0.969. The predicted octanol–water partition coefficient (Wildman–Crippen LogP) is 2.17. The minimum absolute atomic E-state index is 0.269. The highest BCUT2D eigenvalue weighted by Gasteiger charge is 2.41. The maximum atomic E-state index is 10.7. The molecule has 0 saturated carbocycles. The molecule has 16 heavy (non-hydrogen) atoms. The second kappa shape index (κ2) is 3.82. The Labute approximate surface area is 96.5 Å². The number of ether oxygens (including phenoxy) is 1. The second-order valence-corrected chi connectivity index (χ2v) is 5.26. The lowest BCUT2D eigenvalue weighted by molar-refractivity contribution is -0.148. The van der Waals surface area contributed by atoms with E-state index in [1.165, 1.54) is 0 Å². The molecule has 1 atom stereocenters. The Kier molecular flexibility index (Phi) is 2.76. The smallest absolute Gasteiger partial charge is 0.0963 e. The monoisotopic (exact) mass is 221 g/mol. The van der Waals surface area contributed by atoms with Crippen molar-refractivity contribution in [2.75, 3.05) is 6.61 Å². The Morgan fingerprint density at radius 1 is 1.44 bits per heavy atom. The molecule has 1 N–H and O–H groups in total.